The van der Waals surface area contributed by atoms with Crippen LogP contribution >= 0.6 is 0 Å². The van der Waals surface area contributed by atoms with Crippen molar-refractivity contribution in [3.05, 3.63) is 35.9 Å². The SMILES string of the molecule is CCCCCCCCC[C@@H](C[C@H](O)[C@@H](N)Cc1ccccc1)OC(C)=O. The quantitative estimate of drug-likeness (QED) is 0.380. The first kappa shape index (κ1) is 22.7. The highest BCUT2D eigenvalue weighted by Gasteiger charge is 2.22. The lowest BCUT2D eigenvalue weighted by atomic mass is 9.96. The minimum absolute atomic E-state index is 0.250. The van der Waals surface area contributed by atoms with Crippen LogP contribution in [0, 0.1) is 0 Å². The largest absolute Gasteiger partial charge is 0.462 e. The van der Waals surface area contributed by atoms with Crippen molar-refractivity contribution in [3.8, 4) is 0 Å². The maximum absolute atomic E-state index is 11.4. The van der Waals surface area contributed by atoms with Crippen molar-refractivity contribution in [2.45, 2.75) is 96.3 Å². The number of rotatable bonds is 14. The molecule has 0 saturated heterocycles. The third kappa shape index (κ3) is 10.6. The zero-order valence-electron chi connectivity index (χ0n) is 16.5. The smallest absolute Gasteiger partial charge is 0.302 e. The Hall–Kier alpha value is -1.39. The van der Waals surface area contributed by atoms with E-state index >= 15 is 0 Å². The fraction of sp³-hybridized carbons (Fsp3) is 0.682. The molecule has 0 unspecified atom stereocenters. The van der Waals surface area contributed by atoms with Crippen molar-refractivity contribution >= 4 is 5.97 Å². The molecule has 0 bridgehead atoms. The molecule has 4 nitrogen and oxygen atoms in total. The predicted molar refractivity (Wildman–Crippen MR) is 107 cm³/mol. The van der Waals surface area contributed by atoms with Gasteiger partial charge in [-0.3, -0.25) is 4.79 Å². The average Bonchev–Trinajstić information content (AvgIpc) is 2.61. The molecule has 4 heteroatoms. The second kappa shape index (κ2) is 13.8. The van der Waals surface area contributed by atoms with E-state index in [1.54, 1.807) is 0 Å². The summed E-state index contributed by atoms with van der Waals surface area (Å²) in [5, 5.41) is 10.4. The van der Waals surface area contributed by atoms with Gasteiger partial charge in [0, 0.05) is 19.4 Å². The lowest BCUT2D eigenvalue weighted by Gasteiger charge is -2.24. The molecule has 0 spiro atoms. The maximum atomic E-state index is 11.4. The molecule has 3 N–H and O–H groups in total. The number of aliphatic hydroxyl groups is 1. The van der Waals surface area contributed by atoms with E-state index in [0.717, 1.165) is 24.8 Å². The minimum Gasteiger partial charge on any atom is -0.462 e. The second-order valence-corrected chi connectivity index (χ2v) is 7.30. The maximum Gasteiger partial charge on any atom is 0.302 e. The van der Waals surface area contributed by atoms with Gasteiger partial charge in [-0.2, -0.15) is 0 Å². The van der Waals surface area contributed by atoms with E-state index in [0.29, 0.717) is 12.8 Å². The molecule has 1 rings (SSSR count). The molecule has 0 heterocycles. The van der Waals surface area contributed by atoms with Gasteiger partial charge in [0.05, 0.1) is 6.10 Å². The Morgan fingerprint density at radius 3 is 2.31 bits per heavy atom. The van der Waals surface area contributed by atoms with Crippen LogP contribution in [-0.2, 0) is 16.0 Å². The third-order valence-electron chi connectivity index (χ3n) is 4.78. The van der Waals surface area contributed by atoms with E-state index in [9.17, 15) is 9.90 Å². The summed E-state index contributed by atoms with van der Waals surface area (Å²) in [6.07, 6.45) is 9.42. The molecule has 148 valence electrons. The first-order chi connectivity index (χ1) is 12.5. The fourth-order valence-electron chi connectivity index (χ4n) is 3.26. The van der Waals surface area contributed by atoms with Crippen molar-refractivity contribution in [2.75, 3.05) is 0 Å². The third-order valence-corrected chi connectivity index (χ3v) is 4.78. The van der Waals surface area contributed by atoms with Crippen LogP contribution in [0.3, 0.4) is 0 Å². The first-order valence-electron chi connectivity index (χ1n) is 10.2. The van der Waals surface area contributed by atoms with E-state index < -0.39 is 6.10 Å². The first-order valence-corrected chi connectivity index (χ1v) is 10.2. The zero-order valence-corrected chi connectivity index (χ0v) is 16.5. The van der Waals surface area contributed by atoms with Gasteiger partial charge in [0.15, 0.2) is 0 Å². The van der Waals surface area contributed by atoms with Gasteiger partial charge in [0.25, 0.3) is 0 Å². The summed E-state index contributed by atoms with van der Waals surface area (Å²) in [5.41, 5.74) is 7.27. The summed E-state index contributed by atoms with van der Waals surface area (Å²) in [6, 6.07) is 9.56. The molecule has 0 aromatic heterocycles. The number of carbonyl (C=O) groups is 1. The van der Waals surface area contributed by atoms with E-state index in [1.807, 2.05) is 30.3 Å². The number of esters is 1. The van der Waals surface area contributed by atoms with Gasteiger partial charge in [0.1, 0.15) is 6.10 Å². The monoisotopic (exact) mass is 363 g/mol. The Bertz CT molecular complexity index is 478. The molecular formula is C22H37NO3. The van der Waals surface area contributed by atoms with Crippen LogP contribution in [0.2, 0.25) is 0 Å². The van der Waals surface area contributed by atoms with Crippen molar-refractivity contribution in [3.63, 3.8) is 0 Å². The molecule has 0 fully saturated rings. The molecule has 0 aliphatic heterocycles. The summed E-state index contributed by atoms with van der Waals surface area (Å²) in [5.74, 6) is -0.290. The van der Waals surface area contributed by atoms with Crippen LogP contribution in [0.4, 0.5) is 0 Å². The number of aliphatic hydroxyl groups excluding tert-OH is 1. The summed E-state index contributed by atoms with van der Waals surface area (Å²) in [7, 11) is 0. The van der Waals surface area contributed by atoms with Gasteiger partial charge in [-0.25, -0.2) is 0 Å². The molecular weight excluding hydrogens is 326 g/mol. The minimum atomic E-state index is -0.677. The molecule has 1 aromatic rings. The number of ether oxygens (including phenoxy) is 1. The standard InChI is InChI=1S/C22H37NO3/c1-3-4-5-6-7-8-12-15-20(26-18(2)24)17-22(25)21(23)16-19-13-10-9-11-14-19/h9-11,13-14,20-22,25H,3-8,12,15-17,23H2,1-2H3/t20-,21-,22-/m0/s1. The number of unbranched alkanes of at least 4 members (excludes halogenated alkanes) is 6. The van der Waals surface area contributed by atoms with E-state index in [2.05, 4.69) is 6.92 Å². The van der Waals surface area contributed by atoms with Crippen molar-refractivity contribution in [2.24, 2.45) is 5.73 Å². The number of nitrogens with two attached hydrogens (primary N) is 1. The molecule has 0 radical (unpaired) electrons. The van der Waals surface area contributed by atoms with Crippen LogP contribution in [0.25, 0.3) is 0 Å². The highest BCUT2D eigenvalue weighted by atomic mass is 16.5. The van der Waals surface area contributed by atoms with Gasteiger partial charge in [-0.15, -0.1) is 0 Å². The lowest BCUT2D eigenvalue weighted by Crippen LogP contribution is -2.39. The Labute approximate surface area is 159 Å². The normalized spacial score (nSPS) is 14.6. The van der Waals surface area contributed by atoms with Crippen LogP contribution in [0.1, 0.15) is 77.2 Å². The van der Waals surface area contributed by atoms with E-state index in [-0.39, 0.29) is 18.1 Å². The predicted octanol–water partition coefficient (Wildman–Crippen LogP) is 4.38. The summed E-state index contributed by atoms with van der Waals surface area (Å²) >= 11 is 0. The second-order valence-electron chi connectivity index (χ2n) is 7.30. The van der Waals surface area contributed by atoms with Gasteiger partial charge in [0.2, 0.25) is 0 Å². The number of benzene rings is 1. The number of hydrogen-bond donors (Lipinski definition) is 2. The van der Waals surface area contributed by atoms with Crippen molar-refractivity contribution < 1.29 is 14.6 Å². The zero-order chi connectivity index (χ0) is 19.2. The van der Waals surface area contributed by atoms with Crippen LogP contribution in [-0.4, -0.2) is 29.3 Å². The van der Waals surface area contributed by atoms with Crippen molar-refractivity contribution in [1.82, 2.24) is 0 Å². The molecule has 0 aliphatic rings. The highest BCUT2D eigenvalue weighted by molar-refractivity contribution is 5.66. The molecule has 0 aliphatic carbocycles. The van der Waals surface area contributed by atoms with Crippen LogP contribution in [0.5, 0.6) is 0 Å². The highest BCUT2D eigenvalue weighted by Crippen LogP contribution is 2.17. The Morgan fingerprint density at radius 2 is 1.69 bits per heavy atom. The molecule has 1 aromatic carbocycles. The van der Waals surface area contributed by atoms with E-state index in [4.69, 9.17) is 10.5 Å². The fourth-order valence-corrected chi connectivity index (χ4v) is 3.26. The average molecular weight is 364 g/mol. The summed E-state index contributed by atoms with van der Waals surface area (Å²) in [4.78, 5) is 11.4. The summed E-state index contributed by atoms with van der Waals surface area (Å²) < 4.78 is 5.41. The molecule has 3 atom stereocenters. The van der Waals surface area contributed by atoms with E-state index in [1.165, 1.54) is 39.0 Å². The lowest BCUT2D eigenvalue weighted by molar-refractivity contribution is -0.148. The van der Waals surface area contributed by atoms with Crippen molar-refractivity contribution in [1.29, 1.82) is 0 Å². The molecule has 26 heavy (non-hydrogen) atoms. The molecule has 0 amide bonds. The topological polar surface area (TPSA) is 72.6 Å². The van der Waals surface area contributed by atoms with Gasteiger partial charge in [-0.05, 0) is 24.8 Å². The van der Waals surface area contributed by atoms with Gasteiger partial charge in [-0.1, -0.05) is 75.8 Å². The molecule has 0 saturated carbocycles. The Balaban J connectivity index is 2.36. The van der Waals surface area contributed by atoms with Gasteiger partial charge < -0.3 is 15.6 Å². The van der Waals surface area contributed by atoms with Gasteiger partial charge >= 0.3 is 5.97 Å². The Morgan fingerprint density at radius 1 is 1.08 bits per heavy atom. The Kier molecular flexibility index (Phi) is 12.0. The number of hydrogen-bond acceptors (Lipinski definition) is 4. The van der Waals surface area contributed by atoms with Crippen LogP contribution < -0.4 is 5.73 Å². The number of carbonyl (C=O) groups excluding carboxylic acids is 1. The van der Waals surface area contributed by atoms with Crippen LogP contribution in [0.15, 0.2) is 30.3 Å². The summed E-state index contributed by atoms with van der Waals surface area (Å²) in [6.45, 7) is 3.64.